The molecule has 14 heteroatoms. The summed E-state index contributed by atoms with van der Waals surface area (Å²) in [5.74, 6) is -8.07. The Morgan fingerprint density at radius 2 is 1.76 bits per heavy atom. The van der Waals surface area contributed by atoms with Crippen LogP contribution in [0.25, 0.3) is 5.76 Å². The van der Waals surface area contributed by atoms with Crippen LogP contribution in [0.3, 0.4) is 0 Å². The number of aliphatic hydroxyl groups is 3. The van der Waals surface area contributed by atoms with Gasteiger partial charge in [0.15, 0.2) is 11.4 Å². The number of anilines is 2. The van der Waals surface area contributed by atoms with Crippen LogP contribution < -0.4 is 21.4 Å². The summed E-state index contributed by atoms with van der Waals surface area (Å²) in [5.41, 5.74) is 5.72. The van der Waals surface area contributed by atoms with E-state index in [1.165, 1.54) is 25.1 Å². The van der Waals surface area contributed by atoms with Crippen molar-refractivity contribution in [3.8, 4) is 5.75 Å². The summed E-state index contributed by atoms with van der Waals surface area (Å²) >= 11 is 0. The largest absolute Gasteiger partial charge is 0.508 e. The summed E-state index contributed by atoms with van der Waals surface area (Å²) in [7, 11) is 6.54. The van der Waals surface area contributed by atoms with E-state index < -0.39 is 69.7 Å². The zero-order valence-corrected chi connectivity index (χ0v) is 25.8. The average Bonchev–Trinajstić information content (AvgIpc) is 2.98. The number of rotatable bonds is 9. The minimum Gasteiger partial charge on any atom is -0.508 e. The Balaban J connectivity index is 1.51. The maximum Gasteiger partial charge on any atom is 0.255 e. The second kappa shape index (κ2) is 12.2. The van der Waals surface area contributed by atoms with E-state index in [-0.39, 0.29) is 42.8 Å². The van der Waals surface area contributed by atoms with Gasteiger partial charge in [-0.2, -0.15) is 5.48 Å². The topological polar surface area (TPSA) is 215 Å². The van der Waals surface area contributed by atoms with Crippen LogP contribution >= 0.6 is 0 Å². The first kappa shape index (κ1) is 32.6. The molecule has 0 saturated heterocycles. The Kier molecular flexibility index (Phi) is 8.66. The Hall–Kier alpha value is -4.76. The van der Waals surface area contributed by atoms with Gasteiger partial charge in [0, 0.05) is 31.3 Å². The second-order valence-corrected chi connectivity index (χ2v) is 12.1. The van der Waals surface area contributed by atoms with E-state index in [0.717, 1.165) is 5.56 Å². The van der Waals surface area contributed by atoms with Gasteiger partial charge in [-0.05, 0) is 50.0 Å². The number of nitrogens with two attached hydrogens (primary N) is 1. The molecule has 1 fully saturated rings. The predicted octanol–water partition coefficient (Wildman–Crippen LogP) is 0.690. The summed E-state index contributed by atoms with van der Waals surface area (Å²) in [4.78, 5) is 60.9. The van der Waals surface area contributed by atoms with E-state index in [9.17, 15) is 39.6 Å². The van der Waals surface area contributed by atoms with Gasteiger partial charge >= 0.3 is 0 Å². The number of carbonyl (C=O) groups excluding carboxylic acids is 4. The van der Waals surface area contributed by atoms with Gasteiger partial charge in [-0.1, -0.05) is 30.3 Å². The monoisotopic (exact) mass is 635 g/mol. The molecular formula is C32H37N5O9. The molecule has 0 radical (unpaired) electrons. The van der Waals surface area contributed by atoms with Crippen molar-refractivity contribution in [2.24, 2.45) is 17.6 Å². The van der Waals surface area contributed by atoms with Gasteiger partial charge in [-0.3, -0.25) is 28.9 Å². The molecule has 0 spiro atoms. The van der Waals surface area contributed by atoms with Crippen LogP contribution in [-0.2, 0) is 37.0 Å². The highest BCUT2D eigenvalue weighted by molar-refractivity contribution is 6.24. The summed E-state index contributed by atoms with van der Waals surface area (Å²) in [5, 5.41) is 48.4. The van der Waals surface area contributed by atoms with E-state index >= 15 is 0 Å². The maximum atomic E-state index is 14.1. The molecule has 14 nitrogen and oxygen atoms in total. The molecule has 8 N–H and O–H groups in total. The molecule has 3 aliphatic rings. The Labute approximate surface area is 264 Å². The first-order valence-electron chi connectivity index (χ1n) is 14.6. The molecule has 2 amide bonds. The fraction of sp³-hybridized carbons (Fsp3) is 0.375. The summed E-state index contributed by atoms with van der Waals surface area (Å²) in [6, 6.07) is 9.66. The van der Waals surface area contributed by atoms with Crippen molar-refractivity contribution in [1.29, 1.82) is 0 Å². The Morgan fingerprint density at radius 3 is 2.37 bits per heavy atom. The van der Waals surface area contributed by atoms with Crippen LogP contribution in [0.2, 0.25) is 0 Å². The molecule has 4 atom stereocenters. The van der Waals surface area contributed by atoms with Crippen molar-refractivity contribution in [2.75, 3.05) is 45.0 Å². The Bertz CT molecular complexity index is 1680. The number of aromatic hydroxyl groups is 1. The number of primary amides is 1. The fourth-order valence-electron chi connectivity index (χ4n) is 6.81. The number of carbonyl (C=O) groups is 4. The van der Waals surface area contributed by atoms with Crippen molar-refractivity contribution in [2.45, 2.75) is 31.1 Å². The molecule has 3 aliphatic carbocycles. The highest BCUT2D eigenvalue weighted by atomic mass is 16.6. The lowest BCUT2D eigenvalue weighted by Gasteiger charge is -2.50. The molecule has 3 unspecified atom stereocenters. The number of hydroxylamine groups is 1. The number of phenols is 1. The van der Waals surface area contributed by atoms with Gasteiger partial charge in [0.05, 0.1) is 23.9 Å². The molecule has 2 aromatic carbocycles. The van der Waals surface area contributed by atoms with Crippen LogP contribution in [0, 0.1) is 11.8 Å². The zero-order valence-electron chi connectivity index (χ0n) is 25.8. The highest BCUT2D eigenvalue weighted by Gasteiger charge is 2.64. The van der Waals surface area contributed by atoms with Crippen molar-refractivity contribution < 1.29 is 44.4 Å². The summed E-state index contributed by atoms with van der Waals surface area (Å²) < 4.78 is 0. The van der Waals surface area contributed by atoms with Crippen LogP contribution in [0.4, 0.5) is 11.4 Å². The number of hydrogen-bond acceptors (Lipinski definition) is 12. The first-order chi connectivity index (χ1) is 21.7. The summed E-state index contributed by atoms with van der Waals surface area (Å²) in [6.45, 7) is -0.0652. The molecular weight excluding hydrogens is 598 g/mol. The van der Waals surface area contributed by atoms with Crippen molar-refractivity contribution >= 4 is 40.5 Å². The number of phenolic OH excluding ortho intramolecular Hbond substituents is 1. The molecule has 0 aromatic heterocycles. The van der Waals surface area contributed by atoms with Gasteiger partial charge in [0.2, 0.25) is 11.7 Å². The lowest BCUT2D eigenvalue weighted by Crippen LogP contribution is -2.65. The zero-order chi connectivity index (χ0) is 33.7. The number of benzene rings is 2. The van der Waals surface area contributed by atoms with E-state index in [0.29, 0.717) is 11.3 Å². The SMILES string of the molecule is CN(C)c1cc(NC(=O)CNOCc2ccccc2)c(O)c2c1CC1CC3[C@H](N(C)C)C(=O)C(C(N)=O)=C(O)C3(O)C(=O)C1=C2O. The number of aliphatic hydroxyl groups excluding tert-OH is 2. The number of Topliss-reactive ketones (excluding diaryl/α,β-unsaturated/α-hetero) is 2. The smallest absolute Gasteiger partial charge is 0.255 e. The molecule has 5 rings (SSSR count). The maximum absolute atomic E-state index is 14.1. The number of hydrogen-bond donors (Lipinski definition) is 7. The standard InChI is InChI=1S/C32H37N5O9/c1-36(2)20-12-19(35-21(38)13-34-46-14-15-8-6-5-7-9-15)26(39)23-17(20)10-16-11-18-25(37(3)4)28(41)24(31(33)44)30(43)32(18,45)29(42)22(16)27(23)40/h5-9,12,16,18,25,34,39-40,43,45H,10-11,13-14H2,1-4H3,(H2,33,44)(H,35,38)/t16?,18?,25-,32?/m0/s1. The summed E-state index contributed by atoms with van der Waals surface area (Å²) in [6.07, 6.45) is 0.0747. The Morgan fingerprint density at radius 1 is 1.09 bits per heavy atom. The molecule has 244 valence electrons. The lowest BCUT2D eigenvalue weighted by molar-refractivity contribution is -0.153. The van der Waals surface area contributed by atoms with E-state index in [1.807, 2.05) is 30.3 Å². The average molecular weight is 636 g/mol. The third-order valence-corrected chi connectivity index (χ3v) is 8.87. The van der Waals surface area contributed by atoms with Crippen molar-refractivity contribution in [1.82, 2.24) is 10.4 Å². The highest BCUT2D eigenvalue weighted by Crippen LogP contribution is 2.54. The predicted molar refractivity (Wildman–Crippen MR) is 166 cm³/mol. The van der Waals surface area contributed by atoms with Crippen LogP contribution in [0.1, 0.15) is 23.1 Å². The molecule has 0 bridgehead atoms. The fourth-order valence-corrected chi connectivity index (χ4v) is 6.81. The molecule has 2 aromatic rings. The number of ketones is 2. The molecule has 1 saturated carbocycles. The van der Waals surface area contributed by atoms with Crippen LogP contribution in [0.15, 0.2) is 53.3 Å². The third-order valence-electron chi connectivity index (χ3n) is 8.87. The number of likely N-dealkylation sites (N-methyl/N-ethyl adjacent to an activating group) is 1. The molecule has 46 heavy (non-hydrogen) atoms. The number of nitrogens with zero attached hydrogens (tertiary/aromatic N) is 2. The lowest BCUT2D eigenvalue weighted by atomic mass is 9.57. The van der Waals surface area contributed by atoms with Gasteiger partial charge in [0.25, 0.3) is 5.91 Å². The normalized spacial score (nSPS) is 24.0. The number of amides is 2. The van der Waals surface area contributed by atoms with Crippen molar-refractivity contribution in [3.63, 3.8) is 0 Å². The molecule has 0 heterocycles. The van der Waals surface area contributed by atoms with E-state index in [1.54, 1.807) is 19.0 Å². The van der Waals surface area contributed by atoms with Crippen LogP contribution in [0.5, 0.6) is 5.75 Å². The third kappa shape index (κ3) is 5.28. The van der Waals surface area contributed by atoms with E-state index in [2.05, 4.69) is 10.8 Å². The molecule has 0 aliphatic heterocycles. The van der Waals surface area contributed by atoms with Gasteiger partial charge < -0.3 is 36.4 Å². The number of fused-ring (bicyclic) bond motifs is 3. The van der Waals surface area contributed by atoms with Crippen molar-refractivity contribution in [3.05, 3.63) is 70.0 Å². The second-order valence-electron chi connectivity index (χ2n) is 12.1. The minimum absolute atomic E-state index is 0.0352. The number of nitrogens with one attached hydrogen (secondary N) is 2. The quantitative estimate of drug-likeness (QED) is 0.0877. The van der Waals surface area contributed by atoms with Gasteiger partial charge in [-0.25, -0.2) is 0 Å². The van der Waals surface area contributed by atoms with Gasteiger partial charge in [-0.15, -0.1) is 0 Å². The van der Waals surface area contributed by atoms with Crippen LogP contribution in [-0.4, -0.2) is 95.1 Å². The minimum atomic E-state index is -2.75. The van der Waals surface area contributed by atoms with Gasteiger partial charge in [0.1, 0.15) is 29.4 Å². The first-order valence-corrected chi connectivity index (χ1v) is 14.6. The van der Waals surface area contributed by atoms with E-state index in [4.69, 9.17) is 10.6 Å².